The highest BCUT2D eigenvalue weighted by Gasteiger charge is 2.24. The summed E-state index contributed by atoms with van der Waals surface area (Å²) < 4.78 is 0. The van der Waals surface area contributed by atoms with Gasteiger partial charge in [0.15, 0.2) is 0 Å². The lowest BCUT2D eigenvalue weighted by atomic mass is 9.80. The van der Waals surface area contributed by atoms with Gasteiger partial charge in [-0.1, -0.05) is 156 Å². The molecule has 5 nitrogen and oxygen atoms in total. The number of hydrogen-bond donors (Lipinski definition) is 3. The smallest absolute Gasteiger partial charge is 0.131 e. The highest BCUT2D eigenvalue weighted by molar-refractivity contribution is 6.09. The first-order valence-corrected chi connectivity index (χ1v) is 20.9. The van der Waals surface area contributed by atoms with E-state index in [0.29, 0.717) is 0 Å². The molecule has 59 heavy (non-hydrogen) atoms. The molecule has 5 aromatic rings. The SMILES string of the molecule is CC(C)(C)c1cc(NC2=N/C(=C(/c3ccccc3)c3ccc(/C(=C4/C=CC(Nc5cc(C(C)(C)C)cc(C(C)(C)C)c5)=N4)c4ccccc4)[nH]3)C=C2)cc(C(C)(C)C)c1. The first-order valence-electron chi connectivity index (χ1n) is 20.9. The van der Waals surface area contributed by atoms with E-state index in [2.05, 4.69) is 232 Å². The molecule has 0 bridgehead atoms. The van der Waals surface area contributed by atoms with Crippen molar-refractivity contribution in [3.8, 4) is 0 Å². The zero-order chi connectivity index (χ0) is 42.3. The van der Waals surface area contributed by atoms with Gasteiger partial charge >= 0.3 is 0 Å². The Labute approximate surface area is 352 Å². The van der Waals surface area contributed by atoms with Crippen LogP contribution in [0.5, 0.6) is 0 Å². The van der Waals surface area contributed by atoms with E-state index in [1.807, 2.05) is 0 Å². The summed E-state index contributed by atoms with van der Waals surface area (Å²) in [6, 6.07) is 39.1. The molecule has 0 unspecified atom stereocenters. The molecular weight excluding hydrogens is 719 g/mol. The van der Waals surface area contributed by atoms with Crippen LogP contribution in [0.3, 0.4) is 0 Å². The van der Waals surface area contributed by atoms with Crippen LogP contribution in [0.1, 0.15) is 128 Å². The van der Waals surface area contributed by atoms with Crippen molar-refractivity contribution in [3.05, 3.63) is 190 Å². The molecule has 5 heteroatoms. The third-order valence-corrected chi connectivity index (χ3v) is 11.0. The van der Waals surface area contributed by atoms with E-state index >= 15 is 0 Å². The van der Waals surface area contributed by atoms with E-state index < -0.39 is 0 Å². The summed E-state index contributed by atoms with van der Waals surface area (Å²) in [5.41, 5.74) is 15.3. The standard InChI is InChI=1S/C54H61N5/c1-51(2,3)37-29-38(52(4,5)6)32-41(31-37)55-47-27-25-45(58-47)49(35-19-15-13-16-20-35)43-23-24-44(57-43)50(36-21-17-14-18-22-36)46-26-28-48(59-46)56-42-33-39(53(7,8)9)30-40(34-42)54(10,11)12/h13-34,57H,1-12H3,(H,55,58)(H,56,59)/b49-45-,50-46-. The Kier molecular flexibility index (Phi) is 11.0. The maximum atomic E-state index is 5.20. The molecule has 2 aliphatic heterocycles. The molecule has 0 radical (unpaired) electrons. The molecule has 0 aliphatic carbocycles. The average Bonchev–Trinajstić information content (AvgIpc) is 3.94. The first kappa shape index (κ1) is 41.2. The van der Waals surface area contributed by atoms with Crippen LogP contribution in [0.4, 0.5) is 11.4 Å². The second-order valence-corrected chi connectivity index (χ2v) is 20.0. The number of H-pyrrole nitrogens is 1. The second kappa shape index (κ2) is 15.7. The first-order chi connectivity index (χ1) is 27.7. The van der Waals surface area contributed by atoms with Gasteiger partial charge in [-0.25, -0.2) is 9.98 Å². The van der Waals surface area contributed by atoms with Crippen LogP contribution in [0.2, 0.25) is 0 Å². The van der Waals surface area contributed by atoms with Crippen molar-refractivity contribution in [2.45, 2.75) is 105 Å². The summed E-state index contributed by atoms with van der Waals surface area (Å²) in [6.45, 7) is 27.2. The highest BCUT2D eigenvalue weighted by atomic mass is 15.0. The van der Waals surface area contributed by atoms with Crippen molar-refractivity contribution in [2.24, 2.45) is 9.98 Å². The van der Waals surface area contributed by atoms with E-state index in [9.17, 15) is 0 Å². The van der Waals surface area contributed by atoms with Crippen molar-refractivity contribution in [2.75, 3.05) is 10.6 Å². The fourth-order valence-corrected chi connectivity index (χ4v) is 7.35. The van der Waals surface area contributed by atoms with Gasteiger partial charge in [0.05, 0.1) is 11.4 Å². The Morgan fingerprint density at radius 2 is 0.729 bits per heavy atom. The lowest BCUT2D eigenvalue weighted by Crippen LogP contribution is -2.18. The predicted molar refractivity (Wildman–Crippen MR) is 254 cm³/mol. The molecule has 0 amide bonds. The number of benzene rings is 4. The predicted octanol–water partition coefficient (Wildman–Crippen LogP) is 13.9. The number of rotatable bonds is 6. The summed E-state index contributed by atoms with van der Waals surface area (Å²) in [5, 5.41) is 7.32. The normalized spacial score (nSPS) is 16.3. The van der Waals surface area contributed by atoms with Gasteiger partial charge in [-0.15, -0.1) is 0 Å². The maximum absolute atomic E-state index is 5.20. The Balaban J connectivity index is 1.27. The van der Waals surface area contributed by atoms with Crippen molar-refractivity contribution < 1.29 is 0 Å². The number of anilines is 2. The van der Waals surface area contributed by atoms with Crippen LogP contribution in [0.25, 0.3) is 11.1 Å². The number of aromatic amines is 1. The van der Waals surface area contributed by atoms with Gasteiger partial charge in [-0.2, -0.15) is 0 Å². The van der Waals surface area contributed by atoms with Gasteiger partial charge in [0.25, 0.3) is 0 Å². The van der Waals surface area contributed by atoms with Crippen molar-refractivity contribution in [3.63, 3.8) is 0 Å². The zero-order valence-electron chi connectivity index (χ0n) is 37.1. The van der Waals surface area contributed by atoms with Crippen LogP contribution >= 0.6 is 0 Å². The lowest BCUT2D eigenvalue weighted by molar-refractivity contribution is 0.568. The Bertz CT molecular complexity index is 2300. The number of allylic oxidation sites excluding steroid dienone is 2. The summed E-state index contributed by atoms with van der Waals surface area (Å²) in [7, 11) is 0. The minimum atomic E-state index is 0.0155. The van der Waals surface area contributed by atoms with Crippen molar-refractivity contribution in [1.29, 1.82) is 0 Å². The zero-order valence-corrected chi connectivity index (χ0v) is 37.1. The second-order valence-electron chi connectivity index (χ2n) is 20.0. The van der Waals surface area contributed by atoms with E-state index in [4.69, 9.17) is 9.98 Å². The average molecular weight is 780 g/mol. The quantitative estimate of drug-likeness (QED) is 0.161. The fourth-order valence-electron chi connectivity index (χ4n) is 7.35. The number of aliphatic imine (C=N–C) groups is 2. The monoisotopic (exact) mass is 779 g/mol. The Hall–Kier alpha value is -5.94. The molecule has 3 heterocycles. The summed E-state index contributed by atoms with van der Waals surface area (Å²) in [6.07, 6.45) is 8.38. The van der Waals surface area contributed by atoms with Crippen LogP contribution < -0.4 is 10.6 Å². The molecule has 302 valence electrons. The molecule has 4 aromatic carbocycles. The van der Waals surface area contributed by atoms with Gasteiger partial charge in [-0.3, -0.25) is 0 Å². The van der Waals surface area contributed by atoms with Crippen molar-refractivity contribution in [1.82, 2.24) is 4.98 Å². The van der Waals surface area contributed by atoms with E-state index in [1.54, 1.807) is 0 Å². The van der Waals surface area contributed by atoms with Gasteiger partial charge in [-0.05, 0) is 116 Å². The molecule has 0 saturated carbocycles. The number of amidine groups is 2. The van der Waals surface area contributed by atoms with E-state index in [-0.39, 0.29) is 21.7 Å². The molecule has 0 atom stereocenters. The van der Waals surface area contributed by atoms with Gasteiger partial charge < -0.3 is 15.6 Å². The lowest BCUT2D eigenvalue weighted by Gasteiger charge is -2.26. The van der Waals surface area contributed by atoms with Crippen LogP contribution in [-0.4, -0.2) is 16.7 Å². The Morgan fingerprint density at radius 1 is 0.407 bits per heavy atom. The third kappa shape index (κ3) is 9.52. The van der Waals surface area contributed by atoms with E-state index in [1.165, 1.54) is 22.3 Å². The van der Waals surface area contributed by atoms with Crippen molar-refractivity contribution >= 4 is 34.2 Å². The topological polar surface area (TPSA) is 64.6 Å². The molecular formula is C54H61N5. The highest BCUT2D eigenvalue weighted by Crippen LogP contribution is 2.37. The van der Waals surface area contributed by atoms with Crippen LogP contribution in [0, 0.1) is 0 Å². The number of hydrogen-bond acceptors (Lipinski definition) is 4. The summed E-state index contributed by atoms with van der Waals surface area (Å²) in [5.74, 6) is 1.62. The molecule has 1 aromatic heterocycles. The minimum Gasteiger partial charge on any atom is -0.354 e. The summed E-state index contributed by atoms with van der Waals surface area (Å²) in [4.78, 5) is 14.2. The molecule has 2 aliphatic rings. The number of nitrogens with one attached hydrogen (secondary N) is 3. The molecule has 7 rings (SSSR count). The molecule has 0 spiro atoms. The fraction of sp³-hybridized carbons (Fsp3) is 0.296. The largest absolute Gasteiger partial charge is 0.354 e. The molecule has 3 N–H and O–H groups in total. The van der Waals surface area contributed by atoms with E-state index in [0.717, 1.165) is 68.1 Å². The van der Waals surface area contributed by atoms with Gasteiger partial charge in [0.2, 0.25) is 0 Å². The number of nitrogens with zero attached hydrogens (tertiary/aromatic N) is 2. The maximum Gasteiger partial charge on any atom is 0.131 e. The minimum absolute atomic E-state index is 0.0155. The third-order valence-electron chi connectivity index (χ3n) is 11.0. The Morgan fingerprint density at radius 3 is 1.03 bits per heavy atom. The number of aromatic nitrogens is 1. The molecule has 0 saturated heterocycles. The summed E-state index contributed by atoms with van der Waals surface area (Å²) >= 11 is 0. The van der Waals surface area contributed by atoms with Crippen LogP contribution in [-0.2, 0) is 21.7 Å². The van der Waals surface area contributed by atoms with Gasteiger partial charge in [0.1, 0.15) is 11.7 Å². The van der Waals surface area contributed by atoms with Crippen LogP contribution in [0.15, 0.2) is 155 Å². The van der Waals surface area contributed by atoms with Gasteiger partial charge in [0, 0.05) is 33.9 Å². The molecule has 0 fully saturated rings.